The van der Waals surface area contributed by atoms with Gasteiger partial charge in [0.25, 0.3) is 0 Å². The lowest BCUT2D eigenvalue weighted by atomic mass is 10.2. The summed E-state index contributed by atoms with van der Waals surface area (Å²) in [4.78, 5) is 0. The van der Waals surface area contributed by atoms with Crippen LogP contribution in [-0.4, -0.2) is 6.29 Å². The van der Waals surface area contributed by atoms with Crippen molar-refractivity contribution in [3.63, 3.8) is 0 Å². The van der Waals surface area contributed by atoms with Gasteiger partial charge in [-0.3, -0.25) is 0 Å². The second-order valence-corrected chi connectivity index (χ2v) is 2.65. The molecular formula is C8H8ClF2NO2. The number of fused-ring (bicyclic) bond motifs is 1. The van der Waals surface area contributed by atoms with Gasteiger partial charge in [0.05, 0.1) is 0 Å². The van der Waals surface area contributed by atoms with Crippen LogP contribution in [0.3, 0.4) is 0 Å². The molecule has 0 aliphatic carbocycles. The Kier molecular flexibility index (Phi) is 2.82. The molecule has 0 unspecified atom stereocenters. The van der Waals surface area contributed by atoms with Gasteiger partial charge < -0.3 is 15.2 Å². The van der Waals surface area contributed by atoms with Gasteiger partial charge in [0.15, 0.2) is 11.5 Å². The Hall–Kier alpha value is -1.07. The van der Waals surface area contributed by atoms with Gasteiger partial charge in [-0.2, -0.15) is 0 Å². The summed E-state index contributed by atoms with van der Waals surface area (Å²) in [6.07, 6.45) is -3.55. The van der Waals surface area contributed by atoms with Gasteiger partial charge in [-0.25, -0.2) is 0 Å². The predicted octanol–water partition coefficient (Wildman–Crippen LogP) is 1.89. The molecule has 14 heavy (non-hydrogen) atoms. The van der Waals surface area contributed by atoms with Crippen molar-refractivity contribution in [2.45, 2.75) is 12.8 Å². The third-order valence-corrected chi connectivity index (χ3v) is 1.70. The van der Waals surface area contributed by atoms with Crippen molar-refractivity contribution in [1.29, 1.82) is 0 Å². The molecule has 1 aliphatic heterocycles. The van der Waals surface area contributed by atoms with E-state index in [0.29, 0.717) is 0 Å². The molecule has 2 rings (SSSR count). The summed E-state index contributed by atoms with van der Waals surface area (Å²) in [6, 6.07) is 4.47. The number of hydrogen-bond donors (Lipinski definition) is 1. The Morgan fingerprint density at radius 1 is 1.21 bits per heavy atom. The maximum atomic E-state index is 12.5. The number of halogens is 3. The molecule has 3 nitrogen and oxygen atoms in total. The minimum atomic E-state index is -3.55. The zero-order valence-corrected chi connectivity index (χ0v) is 7.81. The average molecular weight is 224 g/mol. The van der Waals surface area contributed by atoms with Crippen LogP contribution >= 0.6 is 12.4 Å². The van der Waals surface area contributed by atoms with Crippen molar-refractivity contribution in [2.24, 2.45) is 5.73 Å². The summed E-state index contributed by atoms with van der Waals surface area (Å²) in [5, 5.41) is 0. The minimum Gasteiger partial charge on any atom is -0.395 e. The molecule has 0 amide bonds. The molecule has 0 saturated heterocycles. The lowest BCUT2D eigenvalue weighted by Gasteiger charge is -2.04. The average Bonchev–Trinajstić information content (AvgIpc) is 2.36. The van der Waals surface area contributed by atoms with Crippen LogP contribution in [0.1, 0.15) is 5.56 Å². The highest BCUT2D eigenvalue weighted by Gasteiger charge is 2.43. The van der Waals surface area contributed by atoms with Crippen molar-refractivity contribution in [3.8, 4) is 11.5 Å². The van der Waals surface area contributed by atoms with Crippen LogP contribution in [0.15, 0.2) is 18.2 Å². The Balaban J connectivity index is 0.000000980. The molecule has 0 bridgehead atoms. The normalized spacial score (nSPS) is 16.2. The second kappa shape index (κ2) is 3.59. The van der Waals surface area contributed by atoms with E-state index in [1.54, 1.807) is 6.07 Å². The monoisotopic (exact) mass is 223 g/mol. The molecule has 78 valence electrons. The fourth-order valence-electron chi connectivity index (χ4n) is 1.12. The number of nitrogens with two attached hydrogens (primary N) is 1. The quantitative estimate of drug-likeness (QED) is 0.791. The first-order chi connectivity index (χ1) is 6.11. The van der Waals surface area contributed by atoms with Crippen LogP contribution in [-0.2, 0) is 6.54 Å². The van der Waals surface area contributed by atoms with Crippen LogP contribution < -0.4 is 15.2 Å². The van der Waals surface area contributed by atoms with Crippen molar-refractivity contribution in [1.82, 2.24) is 0 Å². The Labute approximate surface area is 85.2 Å². The van der Waals surface area contributed by atoms with Gasteiger partial charge >= 0.3 is 6.29 Å². The third-order valence-electron chi connectivity index (χ3n) is 1.70. The number of ether oxygens (including phenoxy) is 2. The highest BCUT2D eigenvalue weighted by Crippen LogP contribution is 2.40. The molecule has 2 N–H and O–H groups in total. The molecular weight excluding hydrogens is 216 g/mol. The topological polar surface area (TPSA) is 44.5 Å². The van der Waals surface area contributed by atoms with E-state index in [1.807, 2.05) is 0 Å². The molecule has 0 atom stereocenters. The predicted molar refractivity (Wildman–Crippen MR) is 47.8 cm³/mol. The first-order valence-corrected chi connectivity index (χ1v) is 3.69. The summed E-state index contributed by atoms with van der Waals surface area (Å²) in [7, 11) is 0. The maximum Gasteiger partial charge on any atom is 0.586 e. The highest BCUT2D eigenvalue weighted by atomic mass is 35.5. The lowest BCUT2D eigenvalue weighted by molar-refractivity contribution is -0.286. The zero-order chi connectivity index (χ0) is 9.47. The fourth-order valence-corrected chi connectivity index (χ4v) is 1.12. The number of benzene rings is 1. The maximum absolute atomic E-state index is 12.5. The van der Waals surface area contributed by atoms with E-state index in [9.17, 15) is 8.78 Å². The molecule has 1 aromatic rings. The first kappa shape index (κ1) is 11.0. The van der Waals surface area contributed by atoms with E-state index in [4.69, 9.17) is 5.73 Å². The van der Waals surface area contributed by atoms with Crippen molar-refractivity contribution in [3.05, 3.63) is 23.8 Å². The third kappa shape index (κ3) is 1.88. The van der Waals surface area contributed by atoms with Crippen molar-refractivity contribution in [2.75, 3.05) is 0 Å². The Morgan fingerprint density at radius 2 is 1.86 bits per heavy atom. The molecule has 0 saturated carbocycles. The molecule has 1 heterocycles. The first-order valence-electron chi connectivity index (χ1n) is 3.69. The summed E-state index contributed by atoms with van der Waals surface area (Å²) in [6.45, 7) is 0.280. The summed E-state index contributed by atoms with van der Waals surface area (Å²) in [5.41, 5.74) is 6.05. The van der Waals surface area contributed by atoms with Gasteiger partial charge in [-0.15, -0.1) is 21.2 Å². The summed E-state index contributed by atoms with van der Waals surface area (Å²) >= 11 is 0. The zero-order valence-electron chi connectivity index (χ0n) is 7.00. The van der Waals surface area contributed by atoms with Gasteiger partial charge in [-0.1, -0.05) is 6.07 Å². The number of alkyl halides is 2. The van der Waals surface area contributed by atoms with Crippen LogP contribution in [0.2, 0.25) is 0 Å². The molecule has 0 radical (unpaired) electrons. The molecule has 1 aromatic carbocycles. The van der Waals surface area contributed by atoms with Crippen LogP contribution in [0.4, 0.5) is 8.78 Å². The van der Waals surface area contributed by atoms with Crippen LogP contribution in [0, 0.1) is 0 Å². The van der Waals surface area contributed by atoms with E-state index in [0.717, 1.165) is 5.56 Å². The van der Waals surface area contributed by atoms with Gasteiger partial charge in [-0.05, 0) is 17.7 Å². The second-order valence-electron chi connectivity index (χ2n) is 2.65. The van der Waals surface area contributed by atoms with E-state index in [2.05, 4.69) is 9.47 Å². The van der Waals surface area contributed by atoms with Crippen LogP contribution in [0.25, 0.3) is 0 Å². The molecule has 0 fully saturated rings. The van der Waals surface area contributed by atoms with Gasteiger partial charge in [0.1, 0.15) is 0 Å². The molecule has 0 spiro atoms. The van der Waals surface area contributed by atoms with Crippen molar-refractivity contribution >= 4 is 12.4 Å². The molecule has 1 aliphatic rings. The van der Waals surface area contributed by atoms with Crippen molar-refractivity contribution < 1.29 is 18.3 Å². The number of hydrogen-bond acceptors (Lipinski definition) is 3. The van der Waals surface area contributed by atoms with Gasteiger partial charge in [0.2, 0.25) is 0 Å². The molecule has 6 heteroatoms. The summed E-state index contributed by atoms with van der Waals surface area (Å²) < 4.78 is 33.4. The minimum absolute atomic E-state index is 0. The van der Waals surface area contributed by atoms with E-state index in [1.165, 1.54) is 12.1 Å². The van der Waals surface area contributed by atoms with E-state index < -0.39 is 6.29 Å². The summed E-state index contributed by atoms with van der Waals surface area (Å²) in [5.74, 6) is 0.0788. The van der Waals surface area contributed by atoms with E-state index >= 15 is 0 Å². The smallest absolute Gasteiger partial charge is 0.395 e. The fraction of sp³-hybridized carbons (Fsp3) is 0.250. The Morgan fingerprint density at radius 3 is 2.50 bits per heavy atom. The molecule has 0 aromatic heterocycles. The standard InChI is InChI=1S/C8H7F2NO2.ClH/c9-8(10)12-6-2-1-5(4-11)3-7(6)13-8;/h1-3H,4,11H2;1H. The van der Waals surface area contributed by atoms with Gasteiger partial charge in [0, 0.05) is 6.54 Å². The van der Waals surface area contributed by atoms with E-state index in [-0.39, 0.29) is 30.5 Å². The van der Waals surface area contributed by atoms with Crippen LogP contribution in [0.5, 0.6) is 11.5 Å². The number of rotatable bonds is 1. The Bertz CT molecular complexity index is 346. The highest BCUT2D eigenvalue weighted by molar-refractivity contribution is 5.85. The SMILES string of the molecule is Cl.NCc1ccc2c(c1)OC(F)(F)O2. The lowest BCUT2D eigenvalue weighted by Crippen LogP contribution is -2.25. The largest absolute Gasteiger partial charge is 0.586 e.